The van der Waals surface area contributed by atoms with Gasteiger partial charge in [-0.25, -0.2) is 9.97 Å². The SMILES string of the molecule is COCCC(=O)NNc1ncnc2c(OC)c(OC)ccc12. The van der Waals surface area contributed by atoms with Gasteiger partial charge in [0, 0.05) is 12.5 Å². The number of nitrogens with zero attached hydrogens (tertiary/aromatic N) is 2. The van der Waals surface area contributed by atoms with Gasteiger partial charge in [0.2, 0.25) is 5.91 Å². The monoisotopic (exact) mass is 306 g/mol. The lowest BCUT2D eigenvalue weighted by molar-refractivity contribution is -0.121. The molecule has 0 aliphatic rings. The Kier molecular flexibility index (Phi) is 5.31. The number of hydrogen-bond donors (Lipinski definition) is 2. The normalized spacial score (nSPS) is 10.3. The largest absolute Gasteiger partial charge is 0.493 e. The quantitative estimate of drug-likeness (QED) is 0.740. The highest BCUT2D eigenvalue weighted by Crippen LogP contribution is 2.35. The van der Waals surface area contributed by atoms with Crippen LogP contribution >= 0.6 is 0 Å². The Morgan fingerprint density at radius 1 is 1.18 bits per heavy atom. The van der Waals surface area contributed by atoms with Crippen LogP contribution in [0.2, 0.25) is 0 Å². The Balaban J connectivity index is 2.26. The molecule has 118 valence electrons. The second-order valence-electron chi connectivity index (χ2n) is 4.34. The fraction of sp³-hybridized carbons (Fsp3) is 0.357. The van der Waals surface area contributed by atoms with E-state index in [0.717, 1.165) is 0 Å². The predicted octanol–water partition coefficient (Wildman–Crippen LogP) is 1.13. The Hall–Kier alpha value is -2.61. The highest BCUT2D eigenvalue weighted by Gasteiger charge is 2.13. The van der Waals surface area contributed by atoms with Gasteiger partial charge in [0.25, 0.3) is 0 Å². The van der Waals surface area contributed by atoms with E-state index in [-0.39, 0.29) is 12.3 Å². The fourth-order valence-corrected chi connectivity index (χ4v) is 1.93. The molecule has 1 aromatic carbocycles. The van der Waals surface area contributed by atoms with Gasteiger partial charge >= 0.3 is 0 Å². The van der Waals surface area contributed by atoms with Crippen LogP contribution in [-0.2, 0) is 9.53 Å². The van der Waals surface area contributed by atoms with Gasteiger partial charge < -0.3 is 14.2 Å². The molecule has 0 unspecified atom stereocenters. The predicted molar refractivity (Wildman–Crippen MR) is 80.9 cm³/mol. The fourth-order valence-electron chi connectivity index (χ4n) is 1.93. The summed E-state index contributed by atoms with van der Waals surface area (Å²) >= 11 is 0. The molecule has 0 saturated carbocycles. The van der Waals surface area contributed by atoms with E-state index in [2.05, 4.69) is 20.8 Å². The number of nitrogens with one attached hydrogen (secondary N) is 2. The van der Waals surface area contributed by atoms with Gasteiger partial charge in [-0.2, -0.15) is 0 Å². The molecule has 8 nitrogen and oxygen atoms in total. The third-order valence-electron chi connectivity index (χ3n) is 3.00. The van der Waals surface area contributed by atoms with Gasteiger partial charge in [-0.15, -0.1) is 0 Å². The Bertz CT molecular complexity index is 663. The van der Waals surface area contributed by atoms with E-state index in [1.54, 1.807) is 26.4 Å². The number of anilines is 1. The molecule has 22 heavy (non-hydrogen) atoms. The first-order chi connectivity index (χ1) is 10.7. The molecule has 1 aromatic heterocycles. The topological polar surface area (TPSA) is 94.6 Å². The van der Waals surface area contributed by atoms with Gasteiger partial charge in [0.1, 0.15) is 11.8 Å². The van der Waals surface area contributed by atoms with Crippen molar-refractivity contribution in [2.75, 3.05) is 33.4 Å². The van der Waals surface area contributed by atoms with Crippen molar-refractivity contribution >= 4 is 22.6 Å². The summed E-state index contributed by atoms with van der Waals surface area (Å²) < 4.78 is 15.4. The van der Waals surface area contributed by atoms with Crippen molar-refractivity contribution in [2.24, 2.45) is 0 Å². The molecule has 2 aromatic rings. The van der Waals surface area contributed by atoms with Crippen LogP contribution in [0.1, 0.15) is 6.42 Å². The zero-order valence-electron chi connectivity index (χ0n) is 12.7. The lowest BCUT2D eigenvalue weighted by atomic mass is 10.2. The molecule has 0 fully saturated rings. The van der Waals surface area contributed by atoms with E-state index in [9.17, 15) is 4.79 Å². The molecular weight excluding hydrogens is 288 g/mol. The van der Waals surface area contributed by atoms with Gasteiger partial charge in [-0.1, -0.05) is 0 Å². The van der Waals surface area contributed by atoms with Crippen LogP contribution in [0.5, 0.6) is 11.5 Å². The second-order valence-corrected chi connectivity index (χ2v) is 4.34. The number of aromatic nitrogens is 2. The number of benzene rings is 1. The number of hydrogen-bond acceptors (Lipinski definition) is 7. The van der Waals surface area contributed by atoms with Crippen molar-refractivity contribution in [2.45, 2.75) is 6.42 Å². The summed E-state index contributed by atoms with van der Waals surface area (Å²) in [4.78, 5) is 19.9. The van der Waals surface area contributed by atoms with Gasteiger partial charge in [-0.3, -0.25) is 15.6 Å². The maximum absolute atomic E-state index is 11.6. The lowest BCUT2D eigenvalue weighted by Crippen LogP contribution is -2.30. The first-order valence-corrected chi connectivity index (χ1v) is 6.60. The van der Waals surface area contributed by atoms with Crippen LogP contribution in [0.4, 0.5) is 5.82 Å². The summed E-state index contributed by atoms with van der Waals surface area (Å²) in [6.07, 6.45) is 1.64. The van der Waals surface area contributed by atoms with Gasteiger partial charge in [0.05, 0.1) is 27.2 Å². The third kappa shape index (κ3) is 3.34. The molecule has 2 rings (SSSR count). The van der Waals surface area contributed by atoms with Crippen LogP contribution < -0.4 is 20.3 Å². The van der Waals surface area contributed by atoms with E-state index in [0.29, 0.717) is 34.8 Å². The minimum atomic E-state index is -0.200. The van der Waals surface area contributed by atoms with Crippen molar-refractivity contribution in [3.8, 4) is 11.5 Å². The number of methoxy groups -OCH3 is 3. The third-order valence-corrected chi connectivity index (χ3v) is 3.00. The van der Waals surface area contributed by atoms with E-state index < -0.39 is 0 Å². The number of ether oxygens (including phenoxy) is 3. The first kappa shape index (κ1) is 15.8. The van der Waals surface area contributed by atoms with Crippen molar-refractivity contribution in [1.29, 1.82) is 0 Å². The Morgan fingerprint density at radius 2 is 2.00 bits per heavy atom. The van der Waals surface area contributed by atoms with E-state index in [1.807, 2.05) is 0 Å². The maximum Gasteiger partial charge on any atom is 0.240 e. The summed E-state index contributed by atoms with van der Waals surface area (Å²) in [6.45, 7) is 0.350. The van der Waals surface area contributed by atoms with Crippen LogP contribution in [0.3, 0.4) is 0 Å². The Morgan fingerprint density at radius 3 is 2.68 bits per heavy atom. The van der Waals surface area contributed by atoms with E-state index in [4.69, 9.17) is 14.2 Å². The maximum atomic E-state index is 11.6. The van der Waals surface area contributed by atoms with Crippen LogP contribution in [0, 0.1) is 0 Å². The summed E-state index contributed by atoms with van der Waals surface area (Å²) in [5, 5.41) is 0.701. The molecule has 0 bridgehead atoms. The number of amides is 1. The van der Waals surface area contributed by atoms with Gasteiger partial charge in [-0.05, 0) is 12.1 Å². The molecule has 0 atom stereocenters. The number of fused-ring (bicyclic) bond motifs is 1. The molecule has 0 aliphatic heterocycles. The molecule has 2 N–H and O–H groups in total. The zero-order chi connectivity index (χ0) is 15.9. The van der Waals surface area contributed by atoms with E-state index >= 15 is 0 Å². The summed E-state index contributed by atoms with van der Waals surface area (Å²) in [5.74, 6) is 1.35. The second kappa shape index (κ2) is 7.41. The molecule has 0 aliphatic carbocycles. The molecule has 1 amide bonds. The van der Waals surface area contributed by atoms with Crippen molar-refractivity contribution < 1.29 is 19.0 Å². The van der Waals surface area contributed by atoms with Crippen LogP contribution in [-0.4, -0.2) is 43.8 Å². The van der Waals surface area contributed by atoms with E-state index in [1.165, 1.54) is 13.4 Å². The molecule has 0 radical (unpaired) electrons. The number of hydrazine groups is 1. The van der Waals surface area contributed by atoms with Crippen molar-refractivity contribution in [3.63, 3.8) is 0 Å². The highest BCUT2D eigenvalue weighted by atomic mass is 16.5. The van der Waals surface area contributed by atoms with Gasteiger partial charge in [0.15, 0.2) is 17.3 Å². The molecule has 1 heterocycles. The standard InChI is InChI=1S/C14H18N4O4/c1-20-7-6-11(19)17-18-14-9-4-5-10(21-2)13(22-3)12(9)15-8-16-14/h4-5,8H,6-7H2,1-3H3,(H,17,19)(H,15,16,18). The minimum absolute atomic E-state index is 0.200. The van der Waals surface area contributed by atoms with Crippen molar-refractivity contribution in [1.82, 2.24) is 15.4 Å². The highest BCUT2D eigenvalue weighted by molar-refractivity contribution is 5.95. The Labute approximate surface area is 127 Å². The molecule has 0 spiro atoms. The molecular formula is C14H18N4O4. The average molecular weight is 306 g/mol. The minimum Gasteiger partial charge on any atom is -0.493 e. The average Bonchev–Trinajstić information content (AvgIpc) is 2.56. The first-order valence-electron chi connectivity index (χ1n) is 6.60. The lowest BCUT2D eigenvalue weighted by Gasteiger charge is -2.13. The summed E-state index contributed by atoms with van der Waals surface area (Å²) in [5.41, 5.74) is 5.93. The molecule has 8 heteroatoms. The number of carbonyl (C=O) groups excluding carboxylic acids is 1. The van der Waals surface area contributed by atoms with Crippen LogP contribution in [0.15, 0.2) is 18.5 Å². The summed E-state index contributed by atoms with van der Waals surface area (Å²) in [7, 11) is 4.64. The summed E-state index contributed by atoms with van der Waals surface area (Å²) in [6, 6.07) is 3.54. The zero-order valence-corrected chi connectivity index (χ0v) is 12.7. The smallest absolute Gasteiger partial charge is 0.240 e. The number of rotatable bonds is 7. The number of carbonyl (C=O) groups is 1. The van der Waals surface area contributed by atoms with Crippen LogP contribution in [0.25, 0.3) is 10.9 Å². The molecule has 0 saturated heterocycles. The van der Waals surface area contributed by atoms with Crippen molar-refractivity contribution in [3.05, 3.63) is 18.5 Å².